The maximum absolute atomic E-state index is 10.0. The molecule has 1 unspecified atom stereocenters. The minimum atomic E-state index is -0.270. The first-order valence-electron chi connectivity index (χ1n) is 6.14. The van der Waals surface area contributed by atoms with Crippen molar-refractivity contribution in [3.63, 3.8) is 0 Å². The molecule has 3 rings (SSSR count). The Labute approximate surface area is 102 Å². The van der Waals surface area contributed by atoms with E-state index in [0.29, 0.717) is 0 Å². The highest BCUT2D eigenvalue weighted by Gasteiger charge is 2.28. The number of fused-ring (bicyclic) bond motifs is 1. The predicted octanol–water partition coefficient (Wildman–Crippen LogP) is 3.07. The van der Waals surface area contributed by atoms with Gasteiger partial charge in [-0.2, -0.15) is 0 Å². The predicted molar refractivity (Wildman–Crippen MR) is 68.5 cm³/mol. The van der Waals surface area contributed by atoms with E-state index in [1.54, 1.807) is 0 Å². The van der Waals surface area contributed by atoms with Gasteiger partial charge in [0, 0.05) is 22.6 Å². The van der Waals surface area contributed by atoms with Crippen LogP contribution in [0.1, 0.15) is 35.0 Å². The van der Waals surface area contributed by atoms with Crippen molar-refractivity contribution in [2.24, 2.45) is 0 Å². The molecule has 0 radical (unpaired) electrons. The van der Waals surface area contributed by atoms with Gasteiger partial charge in [-0.1, -0.05) is 18.2 Å². The molecule has 2 heteroatoms. The first-order chi connectivity index (χ1) is 8.20. The van der Waals surface area contributed by atoms with Gasteiger partial charge in [0.05, 0.1) is 6.10 Å². The molecule has 1 aliphatic carbocycles. The number of para-hydroxylation sites is 1. The van der Waals surface area contributed by atoms with Crippen molar-refractivity contribution in [3.8, 4) is 5.69 Å². The SMILES string of the molecule is Cc1c2c(c(C)n1-c1ccccc1)C(O)CC2. The van der Waals surface area contributed by atoms with E-state index in [2.05, 4.69) is 42.7 Å². The Morgan fingerprint density at radius 3 is 2.47 bits per heavy atom. The average molecular weight is 227 g/mol. The molecule has 0 bridgehead atoms. The van der Waals surface area contributed by atoms with E-state index < -0.39 is 0 Å². The van der Waals surface area contributed by atoms with Gasteiger partial charge in [-0.15, -0.1) is 0 Å². The lowest BCUT2D eigenvalue weighted by Crippen LogP contribution is -2.02. The normalized spacial score (nSPS) is 18.4. The van der Waals surface area contributed by atoms with Gasteiger partial charge in [0.1, 0.15) is 0 Å². The quantitative estimate of drug-likeness (QED) is 0.795. The summed E-state index contributed by atoms with van der Waals surface area (Å²) in [7, 11) is 0. The third-order valence-electron chi connectivity index (χ3n) is 3.84. The fourth-order valence-corrected chi connectivity index (χ4v) is 3.07. The molecule has 1 heterocycles. The number of aliphatic hydroxyl groups is 1. The van der Waals surface area contributed by atoms with Gasteiger partial charge in [0.25, 0.3) is 0 Å². The zero-order chi connectivity index (χ0) is 12.0. The Kier molecular flexibility index (Phi) is 2.33. The summed E-state index contributed by atoms with van der Waals surface area (Å²) in [4.78, 5) is 0. The fraction of sp³-hybridized carbons (Fsp3) is 0.333. The summed E-state index contributed by atoms with van der Waals surface area (Å²) in [5.74, 6) is 0. The van der Waals surface area contributed by atoms with E-state index in [1.807, 2.05) is 6.07 Å². The summed E-state index contributed by atoms with van der Waals surface area (Å²) in [6.45, 7) is 4.25. The van der Waals surface area contributed by atoms with Crippen LogP contribution in [0.5, 0.6) is 0 Å². The third-order valence-corrected chi connectivity index (χ3v) is 3.84. The maximum atomic E-state index is 10.0. The molecule has 1 aromatic heterocycles. The zero-order valence-corrected chi connectivity index (χ0v) is 10.3. The lowest BCUT2D eigenvalue weighted by atomic mass is 10.1. The van der Waals surface area contributed by atoms with Crippen LogP contribution < -0.4 is 0 Å². The van der Waals surface area contributed by atoms with Crippen molar-refractivity contribution in [3.05, 3.63) is 52.8 Å². The van der Waals surface area contributed by atoms with Crippen LogP contribution in [-0.2, 0) is 6.42 Å². The summed E-state index contributed by atoms with van der Waals surface area (Å²) in [5, 5.41) is 10.0. The van der Waals surface area contributed by atoms with E-state index in [9.17, 15) is 5.11 Å². The minimum Gasteiger partial charge on any atom is -0.388 e. The van der Waals surface area contributed by atoms with Gasteiger partial charge in [-0.25, -0.2) is 0 Å². The molecular formula is C15H17NO. The molecule has 1 atom stereocenters. The van der Waals surface area contributed by atoms with E-state index in [0.717, 1.165) is 18.4 Å². The second-order valence-electron chi connectivity index (χ2n) is 4.79. The highest BCUT2D eigenvalue weighted by molar-refractivity contribution is 5.49. The van der Waals surface area contributed by atoms with Gasteiger partial charge in [-0.3, -0.25) is 0 Å². The number of aliphatic hydroxyl groups excluding tert-OH is 1. The van der Waals surface area contributed by atoms with E-state index in [1.165, 1.54) is 22.6 Å². The number of aromatic nitrogens is 1. The topological polar surface area (TPSA) is 25.2 Å². The molecular weight excluding hydrogens is 210 g/mol. The van der Waals surface area contributed by atoms with Crippen LogP contribution in [0.4, 0.5) is 0 Å². The van der Waals surface area contributed by atoms with Crippen LogP contribution in [0.25, 0.3) is 5.69 Å². The van der Waals surface area contributed by atoms with Crippen molar-refractivity contribution < 1.29 is 5.11 Å². The lowest BCUT2D eigenvalue weighted by Gasteiger charge is -2.11. The van der Waals surface area contributed by atoms with E-state index in [-0.39, 0.29) is 6.10 Å². The van der Waals surface area contributed by atoms with Crippen molar-refractivity contribution in [1.82, 2.24) is 4.57 Å². The first-order valence-corrected chi connectivity index (χ1v) is 6.14. The zero-order valence-electron chi connectivity index (χ0n) is 10.3. The molecule has 0 amide bonds. The molecule has 88 valence electrons. The van der Waals surface area contributed by atoms with E-state index in [4.69, 9.17) is 0 Å². The van der Waals surface area contributed by atoms with Gasteiger partial charge >= 0.3 is 0 Å². The van der Waals surface area contributed by atoms with Crippen molar-refractivity contribution >= 4 is 0 Å². The number of benzene rings is 1. The first kappa shape index (κ1) is 10.6. The molecule has 0 saturated carbocycles. The second-order valence-corrected chi connectivity index (χ2v) is 4.79. The number of rotatable bonds is 1. The molecule has 2 nitrogen and oxygen atoms in total. The number of hydrogen-bond acceptors (Lipinski definition) is 1. The van der Waals surface area contributed by atoms with Crippen LogP contribution in [0.2, 0.25) is 0 Å². The smallest absolute Gasteiger partial charge is 0.0813 e. The van der Waals surface area contributed by atoms with Crippen molar-refractivity contribution in [1.29, 1.82) is 0 Å². The Morgan fingerprint density at radius 1 is 1.12 bits per heavy atom. The molecule has 1 N–H and O–H groups in total. The third kappa shape index (κ3) is 1.44. The van der Waals surface area contributed by atoms with Gasteiger partial charge in [-0.05, 0) is 44.4 Å². The van der Waals surface area contributed by atoms with Gasteiger partial charge in [0.2, 0.25) is 0 Å². The fourth-order valence-electron chi connectivity index (χ4n) is 3.07. The number of hydrogen-bond donors (Lipinski definition) is 1. The molecule has 0 aliphatic heterocycles. The summed E-state index contributed by atoms with van der Waals surface area (Å²) < 4.78 is 2.26. The Morgan fingerprint density at radius 2 is 1.82 bits per heavy atom. The van der Waals surface area contributed by atoms with Crippen molar-refractivity contribution in [2.45, 2.75) is 32.8 Å². The lowest BCUT2D eigenvalue weighted by molar-refractivity contribution is 0.179. The monoisotopic (exact) mass is 227 g/mol. The van der Waals surface area contributed by atoms with Gasteiger partial charge < -0.3 is 9.67 Å². The van der Waals surface area contributed by atoms with Crippen LogP contribution >= 0.6 is 0 Å². The Bertz CT molecular complexity index is 554. The van der Waals surface area contributed by atoms with Crippen LogP contribution in [0, 0.1) is 13.8 Å². The maximum Gasteiger partial charge on any atom is 0.0813 e. The van der Waals surface area contributed by atoms with E-state index >= 15 is 0 Å². The largest absolute Gasteiger partial charge is 0.388 e. The average Bonchev–Trinajstić information content (AvgIpc) is 2.82. The molecule has 1 aromatic carbocycles. The second kappa shape index (κ2) is 3.74. The van der Waals surface area contributed by atoms with Crippen LogP contribution in [-0.4, -0.2) is 9.67 Å². The Balaban J connectivity index is 2.23. The summed E-state index contributed by atoms with van der Waals surface area (Å²) in [6, 6.07) is 10.4. The molecule has 2 aromatic rings. The standard InChI is InChI=1S/C15H17NO/c1-10-13-8-9-14(17)15(13)11(2)16(10)12-6-4-3-5-7-12/h3-7,14,17H,8-9H2,1-2H3. The van der Waals surface area contributed by atoms with Crippen molar-refractivity contribution in [2.75, 3.05) is 0 Å². The highest BCUT2D eigenvalue weighted by atomic mass is 16.3. The summed E-state index contributed by atoms with van der Waals surface area (Å²) in [5.41, 5.74) is 6.16. The minimum absolute atomic E-state index is 0.270. The molecule has 17 heavy (non-hydrogen) atoms. The molecule has 1 aliphatic rings. The summed E-state index contributed by atoms with van der Waals surface area (Å²) in [6.07, 6.45) is 1.61. The molecule has 0 saturated heterocycles. The summed E-state index contributed by atoms with van der Waals surface area (Å²) >= 11 is 0. The number of nitrogens with zero attached hydrogens (tertiary/aromatic N) is 1. The molecule has 0 fully saturated rings. The molecule has 0 spiro atoms. The van der Waals surface area contributed by atoms with Crippen LogP contribution in [0.3, 0.4) is 0 Å². The van der Waals surface area contributed by atoms with Gasteiger partial charge in [0.15, 0.2) is 0 Å². The van der Waals surface area contributed by atoms with Crippen LogP contribution in [0.15, 0.2) is 30.3 Å². The highest BCUT2D eigenvalue weighted by Crippen LogP contribution is 2.38. The Hall–Kier alpha value is -1.54.